The third-order valence-electron chi connectivity index (χ3n) is 2.46. The van der Waals surface area contributed by atoms with Crippen LogP contribution >= 0.6 is 0 Å². The highest BCUT2D eigenvalue weighted by atomic mass is 19.4. The van der Waals surface area contributed by atoms with Gasteiger partial charge in [-0.05, 0) is 32.0 Å². The van der Waals surface area contributed by atoms with E-state index in [1.807, 2.05) is 0 Å². The molecule has 0 unspecified atom stereocenters. The van der Waals surface area contributed by atoms with Crippen LogP contribution in [0.15, 0.2) is 18.2 Å². The van der Waals surface area contributed by atoms with Crippen LogP contribution in [0.5, 0.6) is 0 Å². The van der Waals surface area contributed by atoms with Crippen LogP contribution in [-0.2, 0) is 0 Å². The van der Waals surface area contributed by atoms with E-state index in [1.54, 1.807) is 0 Å². The largest absolute Gasteiger partial charge is 0.406 e. The predicted molar refractivity (Wildman–Crippen MR) is 67.5 cm³/mol. The maximum absolute atomic E-state index is 12.5. The van der Waals surface area contributed by atoms with Crippen LogP contribution in [0, 0.1) is 0 Å². The summed E-state index contributed by atoms with van der Waals surface area (Å²) in [6.45, 7) is 1.72. The van der Waals surface area contributed by atoms with E-state index >= 15 is 0 Å². The second-order valence-corrected chi connectivity index (χ2v) is 4.53. The molecular formula is C12H16F3N3O. The van der Waals surface area contributed by atoms with Gasteiger partial charge in [-0.1, -0.05) is 0 Å². The second kappa shape index (κ2) is 5.38. The van der Waals surface area contributed by atoms with Crippen molar-refractivity contribution in [3.05, 3.63) is 23.8 Å². The first kappa shape index (κ1) is 15.1. The number of anilines is 2. The molecule has 1 rings (SSSR count). The Labute approximate surface area is 109 Å². The number of rotatable bonds is 3. The number of amides is 1. The fourth-order valence-corrected chi connectivity index (χ4v) is 1.65. The van der Waals surface area contributed by atoms with Crippen molar-refractivity contribution in [2.45, 2.75) is 26.1 Å². The van der Waals surface area contributed by atoms with Crippen molar-refractivity contribution in [2.75, 3.05) is 18.0 Å². The lowest BCUT2D eigenvalue weighted by molar-refractivity contribution is -0.143. The Kier molecular flexibility index (Phi) is 4.28. The molecule has 0 aliphatic rings. The minimum atomic E-state index is -4.45. The lowest BCUT2D eigenvalue weighted by atomic mass is 10.1. The van der Waals surface area contributed by atoms with Crippen molar-refractivity contribution >= 4 is 17.3 Å². The zero-order valence-electron chi connectivity index (χ0n) is 10.7. The van der Waals surface area contributed by atoms with Crippen LogP contribution in [0.2, 0.25) is 0 Å². The molecule has 0 fully saturated rings. The number of hydrogen-bond acceptors (Lipinski definition) is 3. The van der Waals surface area contributed by atoms with Crippen molar-refractivity contribution in [3.63, 3.8) is 0 Å². The summed E-state index contributed by atoms with van der Waals surface area (Å²) in [5.74, 6) is -0.744. The molecule has 106 valence electrons. The van der Waals surface area contributed by atoms with Gasteiger partial charge >= 0.3 is 6.18 Å². The molecular weight excluding hydrogens is 259 g/mol. The normalized spacial score (nSPS) is 11.7. The maximum atomic E-state index is 12.5. The molecule has 4 N–H and O–H groups in total. The average molecular weight is 275 g/mol. The first-order valence-corrected chi connectivity index (χ1v) is 5.64. The van der Waals surface area contributed by atoms with Crippen LogP contribution in [0.3, 0.4) is 0 Å². The number of nitrogen functional groups attached to an aromatic ring is 2. The molecule has 7 heteroatoms. The van der Waals surface area contributed by atoms with E-state index in [0.29, 0.717) is 0 Å². The minimum absolute atomic E-state index is 0.0513. The standard InChI is InChI=1S/C12H16F3N3O/c1-7(2)18(6-12(13,14)15)11(19)8-3-9(16)5-10(17)4-8/h3-5,7H,6,16-17H2,1-2H3. The van der Waals surface area contributed by atoms with Crippen LogP contribution in [0.25, 0.3) is 0 Å². The number of carbonyl (C=O) groups is 1. The Morgan fingerprint density at radius 3 is 2.05 bits per heavy atom. The van der Waals surface area contributed by atoms with Gasteiger partial charge in [-0.15, -0.1) is 0 Å². The molecule has 0 bridgehead atoms. The fraction of sp³-hybridized carbons (Fsp3) is 0.417. The van der Waals surface area contributed by atoms with Gasteiger partial charge in [-0.25, -0.2) is 0 Å². The Morgan fingerprint density at radius 2 is 1.68 bits per heavy atom. The highest BCUT2D eigenvalue weighted by molar-refractivity contribution is 5.96. The quantitative estimate of drug-likeness (QED) is 0.831. The van der Waals surface area contributed by atoms with E-state index < -0.39 is 24.7 Å². The van der Waals surface area contributed by atoms with Gasteiger partial charge < -0.3 is 16.4 Å². The number of carbonyl (C=O) groups excluding carboxylic acids is 1. The van der Waals surface area contributed by atoms with Crippen molar-refractivity contribution in [3.8, 4) is 0 Å². The van der Waals surface area contributed by atoms with Crippen LogP contribution < -0.4 is 11.5 Å². The first-order valence-electron chi connectivity index (χ1n) is 5.64. The van der Waals surface area contributed by atoms with Crippen LogP contribution in [0.1, 0.15) is 24.2 Å². The van der Waals surface area contributed by atoms with Gasteiger partial charge in [0, 0.05) is 23.0 Å². The highest BCUT2D eigenvalue weighted by Crippen LogP contribution is 2.21. The van der Waals surface area contributed by atoms with Gasteiger partial charge in [-0.3, -0.25) is 4.79 Å². The number of alkyl halides is 3. The molecule has 1 aromatic rings. The minimum Gasteiger partial charge on any atom is -0.399 e. The third-order valence-corrected chi connectivity index (χ3v) is 2.46. The number of benzene rings is 1. The van der Waals surface area contributed by atoms with Gasteiger partial charge in [0.2, 0.25) is 0 Å². The van der Waals surface area contributed by atoms with Crippen molar-refractivity contribution in [1.29, 1.82) is 0 Å². The Bertz CT molecular complexity index is 452. The highest BCUT2D eigenvalue weighted by Gasteiger charge is 2.34. The maximum Gasteiger partial charge on any atom is 0.406 e. The molecule has 0 aliphatic heterocycles. The summed E-state index contributed by atoms with van der Waals surface area (Å²) in [7, 11) is 0. The van der Waals surface area contributed by atoms with Gasteiger partial charge in [0.25, 0.3) is 5.91 Å². The molecule has 1 amide bonds. The lowest BCUT2D eigenvalue weighted by Gasteiger charge is -2.28. The smallest absolute Gasteiger partial charge is 0.399 e. The zero-order chi connectivity index (χ0) is 14.8. The molecule has 0 saturated heterocycles. The monoisotopic (exact) mass is 275 g/mol. The van der Waals surface area contributed by atoms with E-state index in [2.05, 4.69) is 0 Å². The summed E-state index contributed by atoms with van der Waals surface area (Å²) in [6.07, 6.45) is -4.45. The van der Waals surface area contributed by atoms with Gasteiger partial charge in [0.05, 0.1) is 0 Å². The summed E-state index contributed by atoms with van der Waals surface area (Å²) in [6, 6.07) is 3.46. The van der Waals surface area contributed by atoms with E-state index in [9.17, 15) is 18.0 Å². The molecule has 0 aromatic heterocycles. The molecule has 19 heavy (non-hydrogen) atoms. The third kappa shape index (κ3) is 4.35. The first-order chi connectivity index (χ1) is 8.60. The van der Waals surface area contributed by atoms with Gasteiger partial charge in [0.1, 0.15) is 6.54 Å². The zero-order valence-corrected chi connectivity index (χ0v) is 10.7. The van der Waals surface area contributed by atoms with Crippen LogP contribution in [0.4, 0.5) is 24.5 Å². The van der Waals surface area contributed by atoms with E-state index in [1.165, 1.54) is 32.0 Å². The molecule has 4 nitrogen and oxygen atoms in total. The van der Waals surface area contributed by atoms with Crippen molar-refractivity contribution < 1.29 is 18.0 Å². The summed E-state index contributed by atoms with van der Waals surface area (Å²) in [4.78, 5) is 12.8. The SMILES string of the molecule is CC(C)N(CC(F)(F)F)C(=O)c1cc(N)cc(N)c1. The molecule has 0 heterocycles. The molecule has 0 spiro atoms. The Balaban J connectivity index is 3.06. The lowest BCUT2D eigenvalue weighted by Crippen LogP contribution is -2.43. The van der Waals surface area contributed by atoms with E-state index in [4.69, 9.17) is 11.5 Å². The van der Waals surface area contributed by atoms with Crippen LogP contribution in [-0.4, -0.2) is 29.6 Å². The summed E-state index contributed by atoms with van der Waals surface area (Å²) in [5.41, 5.74) is 11.6. The number of nitrogens with zero attached hydrogens (tertiary/aromatic N) is 1. The topological polar surface area (TPSA) is 72.3 Å². The van der Waals surface area contributed by atoms with E-state index in [0.717, 1.165) is 4.90 Å². The number of halogens is 3. The van der Waals surface area contributed by atoms with Crippen molar-refractivity contribution in [1.82, 2.24) is 4.90 Å². The second-order valence-electron chi connectivity index (χ2n) is 4.53. The molecule has 0 atom stereocenters. The number of hydrogen-bond donors (Lipinski definition) is 2. The molecule has 0 radical (unpaired) electrons. The summed E-state index contributed by atoms with van der Waals surface area (Å²) < 4.78 is 37.4. The predicted octanol–water partition coefficient (Wildman–Crippen LogP) is 2.26. The van der Waals surface area contributed by atoms with Gasteiger partial charge in [-0.2, -0.15) is 13.2 Å². The molecule has 1 aromatic carbocycles. The average Bonchev–Trinajstić information content (AvgIpc) is 2.22. The Hall–Kier alpha value is -1.92. The summed E-state index contributed by atoms with van der Waals surface area (Å²) in [5, 5.41) is 0. The fourth-order valence-electron chi connectivity index (χ4n) is 1.65. The summed E-state index contributed by atoms with van der Waals surface area (Å²) >= 11 is 0. The van der Waals surface area contributed by atoms with Crippen molar-refractivity contribution in [2.24, 2.45) is 0 Å². The number of nitrogens with two attached hydrogens (primary N) is 2. The van der Waals surface area contributed by atoms with Gasteiger partial charge in [0.15, 0.2) is 0 Å². The molecule has 0 saturated carbocycles. The van der Waals surface area contributed by atoms with E-state index in [-0.39, 0.29) is 16.9 Å². The Morgan fingerprint density at radius 1 is 1.21 bits per heavy atom. The molecule has 0 aliphatic carbocycles.